The van der Waals surface area contributed by atoms with Crippen molar-refractivity contribution in [2.24, 2.45) is 5.73 Å². The molecule has 0 saturated carbocycles. The van der Waals surface area contributed by atoms with E-state index in [4.69, 9.17) is 5.73 Å². The number of benzene rings is 1. The van der Waals surface area contributed by atoms with E-state index in [1.807, 2.05) is 27.0 Å². The van der Waals surface area contributed by atoms with Gasteiger partial charge in [0, 0.05) is 12.6 Å². The monoisotopic (exact) mass is 194 g/mol. The van der Waals surface area contributed by atoms with Gasteiger partial charge in [0.2, 0.25) is 0 Å². The molecule has 2 nitrogen and oxygen atoms in total. The van der Waals surface area contributed by atoms with Crippen LogP contribution in [0.15, 0.2) is 30.3 Å². The maximum atomic E-state index is 5.57. The highest BCUT2D eigenvalue weighted by Crippen LogP contribution is 2.01. The van der Waals surface area contributed by atoms with Crippen LogP contribution in [0.25, 0.3) is 0 Å². The maximum Gasteiger partial charge on any atom is 0.0227 e. The molecule has 0 radical (unpaired) electrons. The third kappa shape index (κ3) is 5.00. The van der Waals surface area contributed by atoms with Crippen molar-refractivity contribution in [2.45, 2.75) is 26.3 Å². The van der Waals surface area contributed by atoms with E-state index in [0.717, 1.165) is 6.42 Å². The Balaban J connectivity index is 0.000000791. The van der Waals surface area contributed by atoms with Crippen molar-refractivity contribution in [2.75, 3.05) is 13.6 Å². The second-order valence-electron chi connectivity index (χ2n) is 2.91. The van der Waals surface area contributed by atoms with Crippen LogP contribution in [0.2, 0.25) is 0 Å². The first-order valence-electron chi connectivity index (χ1n) is 5.28. The molecule has 0 bridgehead atoms. The summed E-state index contributed by atoms with van der Waals surface area (Å²) >= 11 is 0. The number of hydrogen-bond acceptors (Lipinski definition) is 2. The summed E-state index contributed by atoms with van der Waals surface area (Å²) in [6.07, 6.45) is 1.01. The first-order valence-corrected chi connectivity index (χ1v) is 5.28. The van der Waals surface area contributed by atoms with Crippen LogP contribution < -0.4 is 11.1 Å². The van der Waals surface area contributed by atoms with Crippen molar-refractivity contribution in [3.8, 4) is 0 Å². The van der Waals surface area contributed by atoms with Crippen LogP contribution in [0.5, 0.6) is 0 Å². The quantitative estimate of drug-likeness (QED) is 0.767. The Morgan fingerprint density at radius 2 is 1.79 bits per heavy atom. The number of likely N-dealkylation sites (N-methyl/N-ethyl adjacent to an activating group) is 1. The molecule has 0 aliphatic rings. The molecule has 0 aliphatic heterocycles. The molecule has 0 aliphatic carbocycles. The molecule has 1 aromatic rings. The summed E-state index contributed by atoms with van der Waals surface area (Å²) < 4.78 is 0. The van der Waals surface area contributed by atoms with Crippen LogP contribution in [-0.4, -0.2) is 19.6 Å². The summed E-state index contributed by atoms with van der Waals surface area (Å²) in [6, 6.07) is 10.8. The minimum Gasteiger partial charge on any atom is -0.329 e. The average Bonchev–Trinajstić information content (AvgIpc) is 2.30. The largest absolute Gasteiger partial charge is 0.329 e. The van der Waals surface area contributed by atoms with Gasteiger partial charge in [-0.25, -0.2) is 0 Å². The van der Waals surface area contributed by atoms with Gasteiger partial charge in [0.05, 0.1) is 0 Å². The fourth-order valence-electron chi connectivity index (χ4n) is 1.20. The second-order valence-corrected chi connectivity index (χ2v) is 2.91. The van der Waals surface area contributed by atoms with E-state index in [0.29, 0.717) is 12.6 Å². The highest BCUT2D eigenvalue weighted by atomic mass is 14.9. The average molecular weight is 194 g/mol. The summed E-state index contributed by atoms with van der Waals surface area (Å²) in [6.45, 7) is 4.69. The van der Waals surface area contributed by atoms with Crippen molar-refractivity contribution in [3.63, 3.8) is 0 Å². The van der Waals surface area contributed by atoms with Crippen molar-refractivity contribution in [3.05, 3.63) is 35.9 Å². The molecule has 0 heterocycles. The molecule has 0 amide bonds. The van der Waals surface area contributed by atoms with Crippen LogP contribution in [0.1, 0.15) is 19.4 Å². The number of rotatable bonds is 4. The van der Waals surface area contributed by atoms with Crippen LogP contribution in [0.3, 0.4) is 0 Å². The molecule has 1 unspecified atom stereocenters. The van der Waals surface area contributed by atoms with E-state index in [-0.39, 0.29) is 0 Å². The van der Waals surface area contributed by atoms with Crippen molar-refractivity contribution >= 4 is 0 Å². The Hall–Kier alpha value is -0.860. The Kier molecular flexibility index (Phi) is 8.19. The summed E-state index contributed by atoms with van der Waals surface area (Å²) in [5.74, 6) is 0. The molecule has 1 rings (SSSR count). The lowest BCUT2D eigenvalue weighted by Gasteiger charge is -2.12. The molecule has 14 heavy (non-hydrogen) atoms. The highest BCUT2D eigenvalue weighted by Gasteiger charge is 2.02. The third-order valence-corrected chi connectivity index (χ3v) is 2.02. The van der Waals surface area contributed by atoms with E-state index < -0.39 is 0 Å². The second kappa shape index (κ2) is 8.73. The van der Waals surface area contributed by atoms with Crippen LogP contribution in [0.4, 0.5) is 0 Å². The molecule has 0 spiro atoms. The van der Waals surface area contributed by atoms with E-state index in [9.17, 15) is 0 Å². The van der Waals surface area contributed by atoms with Crippen LogP contribution in [-0.2, 0) is 6.42 Å². The van der Waals surface area contributed by atoms with Gasteiger partial charge in [0.25, 0.3) is 0 Å². The molecule has 1 atom stereocenters. The maximum absolute atomic E-state index is 5.57. The molecule has 0 fully saturated rings. The first kappa shape index (κ1) is 13.1. The Morgan fingerprint density at radius 1 is 1.21 bits per heavy atom. The lowest BCUT2D eigenvalue weighted by molar-refractivity contribution is 0.569. The van der Waals surface area contributed by atoms with Gasteiger partial charge in [0.15, 0.2) is 0 Å². The molecular formula is C12H22N2. The molecule has 80 valence electrons. The molecule has 0 aromatic heterocycles. The number of nitrogens with two attached hydrogens (primary N) is 1. The molecule has 3 N–H and O–H groups in total. The topological polar surface area (TPSA) is 38.0 Å². The lowest BCUT2D eigenvalue weighted by atomic mass is 10.1. The summed E-state index contributed by atoms with van der Waals surface area (Å²) in [5, 5.41) is 3.18. The minimum atomic E-state index is 0.396. The molecule has 2 heteroatoms. The van der Waals surface area contributed by atoms with Crippen LogP contribution in [0, 0.1) is 0 Å². The predicted molar refractivity (Wildman–Crippen MR) is 63.4 cm³/mol. The SMILES string of the molecule is CC.CNC(CN)Cc1ccccc1. The molecular weight excluding hydrogens is 172 g/mol. The van der Waals surface area contributed by atoms with Gasteiger partial charge >= 0.3 is 0 Å². The molecule has 1 aromatic carbocycles. The fraction of sp³-hybridized carbons (Fsp3) is 0.500. The Bertz CT molecular complexity index is 205. The van der Waals surface area contributed by atoms with E-state index in [1.165, 1.54) is 5.56 Å². The standard InChI is InChI=1S/C10H16N2.C2H6/c1-12-10(8-11)7-9-5-3-2-4-6-9;1-2/h2-6,10,12H,7-8,11H2,1H3;1-2H3. The number of nitrogens with one attached hydrogen (secondary N) is 1. The third-order valence-electron chi connectivity index (χ3n) is 2.02. The Labute approximate surface area is 87.5 Å². The number of hydrogen-bond donors (Lipinski definition) is 2. The van der Waals surface area contributed by atoms with Gasteiger partial charge in [-0.1, -0.05) is 44.2 Å². The van der Waals surface area contributed by atoms with Gasteiger partial charge in [-0.05, 0) is 19.0 Å². The van der Waals surface area contributed by atoms with Crippen molar-refractivity contribution < 1.29 is 0 Å². The Morgan fingerprint density at radius 3 is 2.21 bits per heavy atom. The lowest BCUT2D eigenvalue weighted by Crippen LogP contribution is -2.35. The first-order chi connectivity index (χ1) is 6.86. The minimum absolute atomic E-state index is 0.396. The highest BCUT2D eigenvalue weighted by molar-refractivity contribution is 5.15. The summed E-state index contributed by atoms with van der Waals surface area (Å²) in [5.41, 5.74) is 6.90. The van der Waals surface area contributed by atoms with Gasteiger partial charge in [0.1, 0.15) is 0 Å². The van der Waals surface area contributed by atoms with E-state index in [1.54, 1.807) is 0 Å². The van der Waals surface area contributed by atoms with Crippen molar-refractivity contribution in [1.29, 1.82) is 0 Å². The molecule has 0 saturated heterocycles. The fourth-order valence-corrected chi connectivity index (χ4v) is 1.20. The zero-order chi connectivity index (χ0) is 10.8. The normalized spacial score (nSPS) is 11.4. The van der Waals surface area contributed by atoms with Crippen molar-refractivity contribution in [1.82, 2.24) is 5.32 Å². The zero-order valence-corrected chi connectivity index (χ0v) is 9.46. The smallest absolute Gasteiger partial charge is 0.0227 e. The van der Waals surface area contributed by atoms with E-state index in [2.05, 4.69) is 29.6 Å². The van der Waals surface area contributed by atoms with Gasteiger partial charge in [-0.2, -0.15) is 0 Å². The zero-order valence-electron chi connectivity index (χ0n) is 9.46. The summed E-state index contributed by atoms with van der Waals surface area (Å²) in [7, 11) is 1.94. The summed E-state index contributed by atoms with van der Waals surface area (Å²) in [4.78, 5) is 0. The van der Waals surface area contributed by atoms with Gasteiger partial charge in [-0.15, -0.1) is 0 Å². The van der Waals surface area contributed by atoms with Crippen LogP contribution >= 0.6 is 0 Å². The van der Waals surface area contributed by atoms with E-state index >= 15 is 0 Å². The van der Waals surface area contributed by atoms with Gasteiger partial charge < -0.3 is 11.1 Å². The predicted octanol–water partition coefficient (Wildman–Crippen LogP) is 1.80. The van der Waals surface area contributed by atoms with Gasteiger partial charge in [-0.3, -0.25) is 0 Å².